The molecule has 0 radical (unpaired) electrons. The first-order valence-electron chi connectivity index (χ1n) is 13.8. The molecule has 1 aromatic heterocycles. The Morgan fingerprint density at radius 2 is 1.90 bits per heavy atom. The van der Waals surface area contributed by atoms with Crippen molar-refractivity contribution in [1.82, 2.24) is 20.2 Å². The average Bonchev–Trinajstić information content (AvgIpc) is 3.00. The molecule has 5 rings (SSSR count). The number of nitrogens with zero attached hydrogens (tertiary/aromatic N) is 5. The molecule has 2 aliphatic heterocycles. The molecule has 0 atom stereocenters. The molecule has 2 aromatic carbocycles. The number of amides is 2. The second kappa shape index (κ2) is 12.2. The Labute approximate surface area is 234 Å². The fourth-order valence-electron chi connectivity index (χ4n) is 5.66. The highest BCUT2D eigenvalue weighted by atomic mass is 16.5. The van der Waals surface area contributed by atoms with Crippen LogP contribution in [0, 0.1) is 23.7 Å². The highest BCUT2D eigenvalue weighted by molar-refractivity contribution is 5.97. The van der Waals surface area contributed by atoms with E-state index in [1.165, 1.54) is 0 Å². The fourth-order valence-corrected chi connectivity index (χ4v) is 5.66. The summed E-state index contributed by atoms with van der Waals surface area (Å²) in [5.74, 6) is 1.15. The maximum Gasteiger partial charge on any atom is 0.255 e. The zero-order valence-corrected chi connectivity index (χ0v) is 22.8. The van der Waals surface area contributed by atoms with Crippen LogP contribution in [0.4, 0.5) is 5.82 Å². The molecule has 1 spiro atoms. The van der Waals surface area contributed by atoms with Crippen molar-refractivity contribution in [2.45, 2.75) is 32.6 Å². The smallest absolute Gasteiger partial charge is 0.255 e. The zero-order valence-electron chi connectivity index (χ0n) is 22.8. The average molecular weight is 539 g/mol. The SMILES string of the molecule is Cc1cc(C#N)cc(C(=O)N2CCC3(CCCN(c4cnccn4)CCNC(=O)c4ccccc4OC3)CC2)c1. The number of hydrogen-bond acceptors (Lipinski definition) is 7. The summed E-state index contributed by atoms with van der Waals surface area (Å²) in [4.78, 5) is 39.2. The quantitative estimate of drug-likeness (QED) is 0.525. The molecular formula is C31H34N6O3. The number of nitriles is 1. The maximum absolute atomic E-state index is 13.4. The van der Waals surface area contributed by atoms with Crippen LogP contribution in [0.2, 0.25) is 0 Å². The molecule has 0 unspecified atom stereocenters. The van der Waals surface area contributed by atoms with Gasteiger partial charge in [-0.3, -0.25) is 14.6 Å². The molecular weight excluding hydrogens is 504 g/mol. The third-order valence-corrected chi connectivity index (χ3v) is 7.91. The number of ether oxygens (including phenoxy) is 1. The molecule has 3 heterocycles. The van der Waals surface area contributed by atoms with E-state index < -0.39 is 0 Å². The number of aromatic nitrogens is 2. The first-order valence-corrected chi connectivity index (χ1v) is 13.8. The molecule has 0 saturated carbocycles. The van der Waals surface area contributed by atoms with Crippen LogP contribution < -0.4 is 15.0 Å². The van der Waals surface area contributed by atoms with E-state index in [2.05, 4.69) is 26.3 Å². The minimum atomic E-state index is -0.168. The summed E-state index contributed by atoms with van der Waals surface area (Å²) < 4.78 is 6.37. The predicted molar refractivity (Wildman–Crippen MR) is 151 cm³/mol. The van der Waals surface area contributed by atoms with Gasteiger partial charge in [-0.15, -0.1) is 0 Å². The summed E-state index contributed by atoms with van der Waals surface area (Å²) in [6.45, 7) is 5.43. The van der Waals surface area contributed by atoms with Gasteiger partial charge in [0, 0.05) is 56.1 Å². The number of likely N-dealkylation sites (tertiary alicyclic amines) is 1. The lowest BCUT2D eigenvalue weighted by atomic mass is 9.75. The van der Waals surface area contributed by atoms with Crippen molar-refractivity contribution in [3.8, 4) is 11.8 Å². The highest BCUT2D eigenvalue weighted by Gasteiger charge is 2.37. The van der Waals surface area contributed by atoms with Crippen molar-refractivity contribution in [2.24, 2.45) is 5.41 Å². The normalized spacial score (nSPS) is 17.8. The van der Waals surface area contributed by atoms with Crippen LogP contribution in [0.15, 0.2) is 61.1 Å². The summed E-state index contributed by atoms with van der Waals surface area (Å²) in [5, 5.41) is 12.4. The second-order valence-corrected chi connectivity index (χ2v) is 10.7. The standard InChI is InChI=1S/C31H34N6O3/c1-23-17-24(20-32)19-25(18-23)30(39)37-14-8-31(9-15-37)7-4-13-36(28-21-33-10-11-34-28)16-12-35-29(38)26-5-2-3-6-27(26)40-22-31/h2-3,5-6,10-11,17-19,21H,4,7-9,12-16,22H2,1H3,(H,35,38). The summed E-state index contributed by atoms with van der Waals surface area (Å²) in [7, 11) is 0. The van der Waals surface area contributed by atoms with Gasteiger partial charge in [0.05, 0.1) is 30.0 Å². The van der Waals surface area contributed by atoms with Crippen molar-refractivity contribution >= 4 is 17.6 Å². The highest BCUT2D eigenvalue weighted by Crippen LogP contribution is 2.38. The van der Waals surface area contributed by atoms with E-state index in [4.69, 9.17) is 4.74 Å². The van der Waals surface area contributed by atoms with Crippen molar-refractivity contribution in [3.63, 3.8) is 0 Å². The summed E-state index contributed by atoms with van der Waals surface area (Å²) >= 11 is 0. The molecule has 2 aliphatic rings. The van der Waals surface area contributed by atoms with Gasteiger partial charge >= 0.3 is 0 Å². The maximum atomic E-state index is 13.4. The topological polar surface area (TPSA) is 111 Å². The molecule has 9 heteroatoms. The molecule has 0 aliphatic carbocycles. The van der Waals surface area contributed by atoms with Crippen LogP contribution in [0.5, 0.6) is 5.75 Å². The minimum Gasteiger partial charge on any atom is -0.492 e. The molecule has 3 aromatic rings. The number of rotatable bonds is 2. The number of hydrogen-bond donors (Lipinski definition) is 1. The van der Waals surface area contributed by atoms with Gasteiger partial charge in [-0.05, 0) is 68.5 Å². The van der Waals surface area contributed by atoms with Crippen molar-refractivity contribution in [3.05, 3.63) is 83.3 Å². The predicted octanol–water partition coefficient (Wildman–Crippen LogP) is 3.99. The molecule has 2 amide bonds. The van der Waals surface area contributed by atoms with Gasteiger partial charge in [0.1, 0.15) is 11.6 Å². The van der Waals surface area contributed by atoms with E-state index in [-0.39, 0.29) is 17.2 Å². The summed E-state index contributed by atoms with van der Waals surface area (Å²) in [6, 6.07) is 14.8. The first kappa shape index (κ1) is 27.1. The number of nitrogens with one attached hydrogen (secondary N) is 1. The Morgan fingerprint density at radius 1 is 1.07 bits per heavy atom. The van der Waals surface area contributed by atoms with Gasteiger partial charge < -0.3 is 19.9 Å². The first-order chi connectivity index (χ1) is 19.5. The number of carbonyl (C=O) groups excluding carboxylic acids is 2. The van der Waals surface area contributed by atoms with Gasteiger partial charge in [-0.1, -0.05) is 12.1 Å². The Balaban J connectivity index is 1.36. The molecule has 1 saturated heterocycles. The van der Waals surface area contributed by atoms with E-state index in [9.17, 15) is 14.9 Å². The monoisotopic (exact) mass is 538 g/mol. The van der Waals surface area contributed by atoms with E-state index >= 15 is 0 Å². The van der Waals surface area contributed by atoms with Crippen LogP contribution >= 0.6 is 0 Å². The molecule has 9 nitrogen and oxygen atoms in total. The molecule has 40 heavy (non-hydrogen) atoms. The lowest BCUT2D eigenvalue weighted by Gasteiger charge is -2.42. The van der Waals surface area contributed by atoms with Gasteiger partial charge in [0.2, 0.25) is 0 Å². The number of anilines is 1. The van der Waals surface area contributed by atoms with Gasteiger partial charge in [-0.25, -0.2) is 4.98 Å². The summed E-state index contributed by atoms with van der Waals surface area (Å²) in [5.41, 5.74) is 2.32. The van der Waals surface area contributed by atoms with Crippen molar-refractivity contribution < 1.29 is 14.3 Å². The van der Waals surface area contributed by atoms with Crippen LogP contribution in [0.1, 0.15) is 57.5 Å². The molecule has 1 fully saturated rings. The zero-order chi connectivity index (χ0) is 28.0. The van der Waals surface area contributed by atoms with Crippen molar-refractivity contribution in [1.29, 1.82) is 5.26 Å². The fraction of sp³-hybridized carbons (Fsp3) is 0.387. The number of para-hydroxylation sites is 1. The van der Waals surface area contributed by atoms with Gasteiger partial charge in [0.15, 0.2) is 0 Å². The van der Waals surface area contributed by atoms with Crippen LogP contribution in [0.25, 0.3) is 0 Å². The third-order valence-electron chi connectivity index (χ3n) is 7.91. The minimum absolute atomic E-state index is 0.0450. The number of fused-ring (bicyclic) bond motifs is 1. The Morgan fingerprint density at radius 3 is 2.67 bits per heavy atom. The van der Waals surface area contributed by atoms with E-state index in [0.29, 0.717) is 55.2 Å². The lowest BCUT2D eigenvalue weighted by molar-refractivity contribution is 0.0365. The number of carbonyl (C=O) groups is 2. The number of aryl methyl sites for hydroxylation is 1. The van der Waals surface area contributed by atoms with E-state index in [1.807, 2.05) is 36.1 Å². The van der Waals surface area contributed by atoms with E-state index in [1.54, 1.807) is 36.8 Å². The Bertz CT molecular complexity index is 1400. The molecule has 206 valence electrons. The van der Waals surface area contributed by atoms with Crippen LogP contribution in [-0.4, -0.2) is 66.0 Å². The van der Waals surface area contributed by atoms with Crippen LogP contribution in [0.3, 0.4) is 0 Å². The summed E-state index contributed by atoms with van der Waals surface area (Å²) in [6.07, 6.45) is 8.49. The molecule has 1 N–H and O–H groups in total. The lowest BCUT2D eigenvalue weighted by Crippen LogP contribution is -2.46. The van der Waals surface area contributed by atoms with Crippen LogP contribution in [-0.2, 0) is 0 Å². The Hall–Kier alpha value is -4.45. The Kier molecular flexibility index (Phi) is 8.25. The molecule has 0 bridgehead atoms. The number of piperidine rings is 1. The third kappa shape index (κ3) is 6.23. The van der Waals surface area contributed by atoms with Gasteiger partial charge in [-0.2, -0.15) is 5.26 Å². The second-order valence-electron chi connectivity index (χ2n) is 10.7. The van der Waals surface area contributed by atoms with Crippen molar-refractivity contribution in [2.75, 3.05) is 44.2 Å². The number of benzene rings is 2. The van der Waals surface area contributed by atoms with Gasteiger partial charge in [0.25, 0.3) is 11.8 Å². The largest absolute Gasteiger partial charge is 0.492 e. The van der Waals surface area contributed by atoms with E-state index in [0.717, 1.165) is 43.6 Å².